The van der Waals surface area contributed by atoms with E-state index in [4.69, 9.17) is 11.6 Å². The van der Waals surface area contributed by atoms with Gasteiger partial charge in [0.05, 0.1) is 4.90 Å². The first-order chi connectivity index (χ1) is 14.8. The summed E-state index contributed by atoms with van der Waals surface area (Å²) in [6, 6.07) is 11.8. The van der Waals surface area contributed by atoms with Crippen LogP contribution in [0.3, 0.4) is 0 Å². The molecule has 0 saturated carbocycles. The number of nitrogens with one attached hydrogen (secondary N) is 2. The van der Waals surface area contributed by atoms with Gasteiger partial charge < -0.3 is 10.6 Å². The van der Waals surface area contributed by atoms with E-state index in [1.165, 1.54) is 4.31 Å². The number of anilines is 2. The zero-order chi connectivity index (χ0) is 22.0. The Morgan fingerprint density at radius 1 is 1.06 bits per heavy atom. The average Bonchev–Trinajstić information content (AvgIpc) is 2.95. The van der Waals surface area contributed by atoms with Crippen LogP contribution >= 0.6 is 11.6 Å². The Balaban J connectivity index is 1.41. The monoisotopic (exact) mass is 461 g/mol. The van der Waals surface area contributed by atoms with Crippen LogP contribution in [-0.2, 0) is 26.0 Å². The van der Waals surface area contributed by atoms with E-state index in [0.717, 1.165) is 5.56 Å². The Labute approximate surface area is 186 Å². The first-order valence-electron chi connectivity index (χ1n) is 10.3. The van der Waals surface area contributed by atoms with Crippen molar-refractivity contribution < 1.29 is 18.0 Å². The lowest BCUT2D eigenvalue weighted by molar-refractivity contribution is -0.121. The molecule has 9 heteroatoms. The fraction of sp³-hybridized carbons (Fsp3) is 0.364. The van der Waals surface area contributed by atoms with E-state index in [0.29, 0.717) is 48.5 Å². The third-order valence-corrected chi connectivity index (χ3v) is 7.92. The van der Waals surface area contributed by atoms with E-state index in [2.05, 4.69) is 10.6 Å². The molecule has 0 atom stereocenters. The Bertz CT molecular complexity index is 1090. The van der Waals surface area contributed by atoms with Crippen molar-refractivity contribution in [1.82, 2.24) is 4.31 Å². The number of nitrogens with zero attached hydrogens (tertiary/aromatic N) is 1. The molecule has 1 fully saturated rings. The van der Waals surface area contributed by atoms with E-state index in [-0.39, 0.29) is 35.7 Å². The lowest BCUT2D eigenvalue weighted by Gasteiger charge is -2.30. The molecule has 2 aliphatic rings. The number of benzene rings is 2. The average molecular weight is 462 g/mol. The number of hydrogen-bond donors (Lipinski definition) is 2. The normalized spacial score (nSPS) is 18.0. The minimum Gasteiger partial charge on any atom is -0.326 e. The number of amides is 2. The van der Waals surface area contributed by atoms with Crippen molar-refractivity contribution in [1.29, 1.82) is 0 Å². The van der Waals surface area contributed by atoms with Gasteiger partial charge in [0.15, 0.2) is 0 Å². The number of rotatable bonds is 4. The van der Waals surface area contributed by atoms with Gasteiger partial charge in [-0.1, -0.05) is 11.6 Å². The Kier molecular flexibility index (Phi) is 6.31. The molecule has 2 amide bonds. The van der Waals surface area contributed by atoms with Gasteiger partial charge in [0, 0.05) is 41.8 Å². The van der Waals surface area contributed by atoms with Crippen LogP contribution in [0.5, 0.6) is 0 Å². The number of piperidine rings is 1. The highest BCUT2D eigenvalue weighted by molar-refractivity contribution is 7.89. The van der Waals surface area contributed by atoms with E-state index in [1.807, 2.05) is 0 Å². The van der Waals surface area contributed by atoms with Gasteiger partial charge in [-0.2, -0.15) is 4.31 Å². The minimum absolute atomic E-state index is 0.0479. The molecule has 0 radical (unpaired) electrons. The van der Waals surface area contributed by atoms with Crippen molar-refractivity contribution in [2.24, 2.45) is 5.92 Å². The Hall–Kier alpha value is -2.42. The molecule has 2 aliphatic heterocycles. The summed E-state index contributed by atoms with van der Waals surface area (Å²) >= 11 is 5.87. The fourth-order valence-electron chi connectivity index (χ4n) is 4.00. The van der Waals surface area contributed by atoms with Gasteiger partial charge in [0.2, 0.25) is 21.8 Å². The van der Waals surface area contributed by atoms with Crippen LogP contribution in [0.1, 0.15) is 31.2 Å². The van der Waals surface area contributed by atoms with Crippen LogP contribution in [0.15, 0.2) is 47.4 Å². The summed E-state index contributed by atoms with van der Waals surface area (Å²) in [4.78, 5) is 24.5. The second-order valence-electron chi connectivity index (χ2n) is 7.90. The maximum absolute atomic E-state index is 13.1. The molecule has 7 nitrogen and oxygen atoms in total. The van der Waals surface area contributed by atoms with Crippen LogP contribution in [0.4, 0.5) is 11.4 Å². The summed E-state index contributed by atoms with van der Waals surface area (Å²) in [6.45, 7) is 0.573. The SMILES string of the molecule is O=C1CCCc2cc(S(=O)(=O)N3CCC(C(=O)Nc4ccc(Cl)cc4)CC3)ccc2N1. The number of fused-ring (bicyclic) bond motifs is 1. The predicted octanol–water partition coefficient (Wildman–Crippen LogP) is 3.65. The summed E-state index contributed by atoms with van der Waals surface area (Å²) < 4.78 is 27.7. The fourth-order valence-corrected chi connectivity index (χ4v) is 5.64. The maximum Gasteiger partial charge on any atom is 0.243 e. The Morgan fingerprint density at radius 2 is 1.77 bits per heavy atom. The first kappa shape index (κ1) is 21.8. The van der Waals surface area contributed by atoms with Gasteiger partial charge in [0.25, 0.3) is 0 Å². The second-order valence-corrected chi connectivity index (χ2v) is 10.3. The molecular formula is C22H24ClN3O4S. The van der Waals surface area contributed by atoms with Gasteiger partial charge in [-0.05, 0) is 73.7 Å². The summed E-state index contributed by atoms with van der Waals surface area (Å²) in [5.74, 6) is -0.405. The molecule has 0 spiro atoms. The third kappa shape index (κ3) is 4.92. The summed E-state index contributed by atoms with van der Waals surface area (Å²) in [7, 11) is -3.66. The van der Waals surface area contributed by atoms with Crippen LogP contribution in [0.25, 0.3) is 0 Å². The number of aryl methyl sites for hydroxylation is 1. The number of sulfonamides is 1. The van der Waals surface area contributed by atoms with Crippen molar-refractivity contribution in [2.45, 2.75) is 37.0 Å². The summed E-state index contributed by atoms with van der Waals surface area (Å²) in [5, 5.41) is 6.28. The number of carbonyl (C=O) groups excluding carboxylic acids is 2. The quantitative estimate of drug-likeness (QED) is 0.726. The zero-order valence-corrected chi connectivity index (χ0v) is 18.5. The highest BCUT2D eigenvalue weighted by atomic mass is 35.5. The van der Waals surface area contributed by atoms with Gasteiger partial charge in [0.1, 0.15) is 0 Å². The molecule has 164 valence electrons. The highest BCUT2D eigenvalue weighted by Gasteiger charge is 2.32. The minimum atomic E-state index is -3.66. The van der Waals surface area contributed by atoms with E-state index < -0.39 is 10.0 Å². The lowest BCUT2D eigenvalue weighted by atomic mass is 9.97. The molecule has 2 aromatic carbocycles. The second kappa shape index (κ2) is 8.98. The molecule has 2 aromatic rings. The third-order valence-electron chi connectivity index (χ3n) is 5.78. The molecule has 0 aromatic heterocycles. The van der Waals surface area contributed by atoms with Gasteiger partial charge in [-0.15, -0.1) is 0 Å². The number of carbonyl (C=O) groups is 2. The van der Waals surface area contributed by atoms with Crippen molar-refractivity contribution in [3.8, 4) is 0 Å². The molecule has 2 heterocycles. The van der Waals surface area contributed by atoms with Gasteiger partial charge >= 0.3 is 0 Å². The maximum atomic E-state index is 13.1. The van der Waals surface area contributed by atoms with Gasteiger partial charge in [-0.3, -0.25) is 9.59 Å². The number of halogens is 1. The van der Waals surface area contributed by atoms with E-state index in [9.17, 15) is 18.0 Å². The molecule has 0 aliphatic carbocycles. The molecule has 0 bridgehead atoms. The summed E-state index contributed by atoms with van der Waals surface area (Å²) in [6.07, 6.45) is 2.70. The van der Waals surface area contributed by atoms with Crippen LogP contribution in [0, 0.1) is 5.92 Å². The van der Waals surface area contributed by atoms with Crippen LogP contribution in [-0.4, -0.2) is 37.6 Å². The van der Waals surface area contributed by atoms with Crippen LogP contribution in [0.2, 0.25) is 5.02 Å². The molecule has 2 N–H and O–H groups in total. The smallest absolute Gasteiger partial charge is 0.243 e. The van der Waals surface area contributed by atoms with Crippen molar-refractivity contribution in [3.05, 3.63) is 53.1 Å². The standard InChI is InChI=1S/C22H24ClN3O4S/c23-17-4-6-18(7-5-17)24-22(28)15-10-12-26(13-11-15)31(29,30)19-8-9-20-16(14-19)2-1-3-21(27)25-20/h4-9,14-15H,1-3,10-13H2,(H,24,28)(H,25,27). The van der Waals surface area contributed by atoms with E-state index in [1.54, 1.807) is 42.5 Å². The molecular weight excluding hydrogens is 438 g/mol. The molecule has 0 unspecified atom stereocenters. The van der Waals surface area contributed by atoms with Gasteiger partial charge in [-0.25, -0.2) is 8.42 Å². The predicted molar refractivity (Wildman–Crippen MR) is 120 cm³/mol. The topological polar surface area (TPSA) is 95.6 Å². The largest absolute Gasteiger partial charge is 0.326 e. The first-order valence-corrected chi connectivity index (χ1v) is 12.1. The molecule has 1 saturated heterocycles. The highest BCUT2D eigenvalue weighted by Crippen LogP contribution is 2.29. The van der Waals surface area contributed by atoms with Crippen molar-refractivity contribution in [2.75, 3.05) is 23.7 Å². The van der Waals surface area contributed by atoms with Crippen molar-refractivity contribution in [3.63, 3.8) is 0 Å². The lowest BCUT2D eigenvalue weighted by Crippen LogP contribution is -2.41. The number of hydrogen-bond acceptors (Lipinski definition) is 4. The summed E-state index contributed by atoms with van der Waals surface area (Å²) in [5.41, 5.74) is 2.18. The van der Waals surface area contributed by atoms with Crippen molar-refractivity contribution >= 4 is 44.8 Å². The Morgan fingerprint density at radius 3 is 2.48 bits per heavy atom. The van der Waals surface area contributed by atoms with Crippen LogP contribution < -0.4 is 10.6 Å². The molecule has 31 heavy (non-hydrogen) atoms. The van der Waals surface area contributed by atoms with E-state index >= 15 is 0 Å². The molecule has 4 rings (SSSR count). The zero-order valence-electron chi connectivity index (χ0n) is 16.9.